The van der Waals surface area contributed by atoms with Gasteiger partial charge >= 0.3 is 5.97 Å². The summed E-state index contributed by atoms with van der Waals surface area (Å²) in [4.78, 5) is 25.8. The molecule has 4 heterocycles. The van der Waals surface area contributed by atoms with Gasteiger partial charge in [-0.25, -0.2) is 14.6 Å². The third-order valence-electron chi connectivity index (χ3n) is 8.71. The molecule has 6 rings (SSSR count). The van der Waals surface area contributed by atoms with Crippen LogP contribution in [-0.2, 0) is 4.79 Å². The Hall–Kier alpha value is -2.42. The second kappa shape index (κ2) is 9.71. The number of piperidine rings is 1. The van der Waals surface area contributed by atoms with Gasteiger partial charge in [-0.15, -0.1) is 0 Å². The fourth-order valence-electron chi connectivity index (χ4n) is 6.28. The highest BCUT2D eigenvalue weighted by atomic mass is 35.5. The number of fused-ring (bicyclic) bond motifs is 1. The topological polar surface area (TPSA) is 87.4 Å². The standard InChI is InChI=1S/C27H32Cl2N6O2/c1-15-25-26(35(32-15)16(2)22-6-5-20(28)10-23(22)29)31-24(11-30-25)34-13-19(14-34)17-4-3-7-33(12-17)21-8-18(9-21)27(36)37/h5-6,10-11,16-19,21H,3-4,7-9,12-14H2,1-2H3,(H,36,37)/t16?,17-,18-,21+/m1/s1. The SMILES string of the molecule is Cc1nn(C(C)c2ccc(Cl)cc2Cl)c2nc(N3CC([C@@H]4CCCN([C@H]5C[C@@H](C(=O)O)C5)C4)C3)cnc12. The van der Waals surface area contributed by atoms with Crippen LogP contribution >= 0.6 is 23.2 Å². The van der Waals surface area contributed by atoms with Crippen LogP contribution in [0.15, 0.2) is 24.4 Å². The zero-order valence-electron chi connectivity index (χ0n) is 21.1. The maximum Gasteiger partial charge on any atom is 0.306 e. The normalized spacial score (nSPS) is 25.6. The van der Waals surface area contributed by atoms with E-state index in [2.05, 4.69) is 16.7 Å². The lowest BCUT2D eigenvalue weighted by atomic mass is 9.76. The molecule has 1 aliphatic carbocycles. The number of nitrogens with zero attached hydrogens (tertiary/aromatic N) is 6. The van der Waals surface area contributed by atoms with Gasteiger partial charge in [0.05, 0.1) is 23.9 Å². The minimum absolute atomic E-state index is 0.116. The van der Waals surface area contributed by atoms with Crippen LogP contribution in [-0.4, -0.2) is 67.9 Å². The Morgan fingerprint density at radius 3 is 2.68 bits per heavy atom. The molecule has 3 fully saturated rings. The van der Waals surface area contributed by atoms with Crippen LogP contribution in [0.25, 0.3) is 11.2 Å². The summed E-state index contributed by atoms with van der Waals surface area (Å²) in [6.45, 7) is 8.17. The maximum atomic E-state index is 11.2. The molecule has 2 saturated heterocycles. The summed E-state index contributed by atoms with van der Waals surface area (Å²) < 4.78 is 1.91. The van der Waals surface area contributed by atoms with E-state index in [-0.39, 0.29) is 12.0 Å². The molecule has 3 aliphatic rings. The third kappa shape index (κ3) is 4.57. The van der Waals surface area contributed by atoms with Crippen LogP contribution in [0.5, 0.6) is 0 Å². The van der Waals surface area contributed by atoms with E-state index in [1.807, 2.05) is 29.9 Å². The Morgan fingerprint density at radius 1 is 1.16 bits per heavy atom. The largest absolute Gasteiger partial charge is 0.481 e. The third-order valence-corrected chi connectivity index (χ3v) is 9.27. The van der Waals surface area contributed by atoms with Gasteiger partial charge in [0.1, 0.15) is 11.3 Å². The maximum absolute atomic E-state index is 11.2. The molecule has 3 aromatic rings. The van der Waals surface area contributed by atoms with E-state index in [0.717, 1.165) is 67.3 Å². The van der Waals surface area contributed by atoms with Crippen molar-refractivity contribution in [3.63, 3.8) is 0 Å². The zero-order chi connectivity index (χ0) is 25.8. The summed E-state index contributed by atoms with van der Waals surface area (Å²) >= 11 is 12.6. The van der Waals surface area contributed by atoms with E-state index in [0.29, 0.717) is 27.9 Å². The second-order valence-electron chi connectivity index (χ2n) is 11.0. The predicted molar refractivity (Wildman–Crippen MR) is 144 cm³/mol. The van der Waals surface area contributed by atoms with E-state index >= 15 is 0 Å². The van der Waals surface area contributed by atoms with E-state index in [1.54, 1.807) is 6.07 Å². The van der Waals surface area contributed by atoms with Crippen LogP contribution in [0, 0.1) is 24.7 Å². The molecule has 196 valence electrons. The number of hydrogen-bond acceptors (Lipinski definition) is 6. The lowest BCUT2D eigenvalue weighted by Gasteiger charge is -2.50. The summed E-state index contributed by atoms with van der Waals surface area (Å²) in [7, 11) is 0. The van der Waals surface area contributed by atoms with Gasteiger partial charge < -0.3 is 14.9 Å². The summed E-state index contributed by atoms with van der Waals surface area (Å²) in [6.07, 6.45) is 5.93. The number of anilines is 1. The number of rotatable bonds is 6. The lowest BCUT2D eigenvalue weighted by molar-refractivity contribution is -0.147. The number of carboxylic acid groups (broad SMARTS) is 1. The molecule has 0 bridgehead atoms. The van der Waals surface area contributed by atoms with Crippen molar-refractivity contribution in [2.45, 2.75) is 51.6 Å². The van der Waals surface area contributed by atoms with E-state index in [9.17, 15) is 9.90 Å². The molecular weight excluding hydrogens is 511 g/mol. The molecule has 10 heteroatoms. The summed E-state index contributed by atoms with van der Waals surface area (Å²) in [6, 6.07) is 5.88. The highest BCUT2D eigenvalue weighted by Gasteiger charge is 2.42. The molecule has 1 unspecified atom stereocenters. The molecule has 37 heavy (non-hydrogen) atoms. The fraction of sp³-hybridized carbons (Fsp3) is 0.556. The number of likely N-dealkylation sites (tertiary alicyclic amines) is 1. The Bertz CT molecular complexity index is 1330. The van der Waals surface area contributed by atoms with E-state index in [4.69, 9.17) is 38.3 Å². The average Bonchev–Trinajstić information content (AvgIpc) is 3.13. The second-order valence-corrected chi connectivity index (χ2v) is 11.8. The number of aryl methyl sites for hydroxylation is 1. The fourth-order valence-corrected chi connectivity index (χ4v) is 6.84. The molecular formula is C27H32Cl2N6O2. The lowest BCUT2D eigenvalue weighted by Crippen LogP contribution is -2.56. The van der Waals surface area contributed by atoms with Gasteiger partial charge in [0.15, 0.2) is 5.65 Å². The molecule has 2 aromatic heterocycles. The van der Waals surface area contributed by atoms with E-state index in [1.165, 1.54) is 12.8 Å². The van der Waals surface area contributed by atoms with Crippen LogP contribution < -0.4 is 4.90 Å². The zero-order valence-corrected chi connectivity index (χ0v) is 22.7. The number of benzene rings is 1. The summed E-state index contributed by atoms with van der Waals surface area (Å²) in [5.74, 6) is 1.39. The van der Waals surface area contributed by atoms with Crippen molar-refractivity contribution in [2.24, 2.45) is 17.8 Å². The molecule has 1 N–H and O–H groups in total. The summed E-state index contributed by atoms with van der Waals surface area (Å²) in [5, 5.41) is 15.2. The first kappa shape index (κ1) is 24.9. The monoisotopic (exact) mass is 542 g/mol. The quantitative estimate of drug-likeness (QED) is 0.465. The first-order chi connectivity index (χ1) is 17.8. The van der Waals surface area contributed by atoms with Crippen LogP contribution in [0.4, 0.5) is 5.82 Å². The number of carboxylic acids is 1. The number of halogens is 2. The highest BCUT2D eigenvalue weighted by molar-refractivity contribution is 6.35. The van der Waals surface area contributed by atoms with Crippen molar-refractivity contribution in [1.29, 1.82) is 0 Å². The van der Waals surface area contributed by atoms with Crippen LogP contribution in [0.1, 0.15) is 49.9 Å². The number of carbonyl (C=O) groups is 1. The molecule has 2 atom stereocenters. The number of aromatic nitrogens is 4. The number of hydrogen-bond donors (Lipinski definition) is 1. The minimum atomic E-state index is -0.639. The van der Waals surface area contributed by atoms with Crippen molar-refractivity contribution in [3.05, 3.63) is 45.7 Å². The van der Waals surface area contributed by atoms with Crippen molar-refractivity contribution >= 4 is 46.2 Å². The van der Waals surface area contributed by atoms with Gasteiger partial charge in [-0.05, 0) is 75.6 Å². The predicted octanol–water partition coefficient (Wildman–Crippen LogP) is 5.06. The van der Waals surface area contributed by atoms with Crippen molar-refractivity contribution in [1.82, 2.24) is 24.6 Å². The van der Waals surface area contributed by atoms with Crippen molar-refractivity contribution in [2.75, 3.05) is 31.1 Å². The van der Waals surface area contributed by atoms with Gasteiger partial charge in [0.2, 0.25) is 0 Å². The van der Waals surface area contributed by atoms with E-state index < -0.39 is 5.97 Å². The van der Waals surface area contributed by atoms with Crippen LogP contribution in [0.3, 0.4) is 0 Å². The first-order valence-electron chi connectivity index (χ1n) is 13.2. The highest BCUT2D eigenvalue weighted by Crippen LogP contribution is 2.38. The Balaban J connectivity index is 1.14. The minimum Gasteiger partial charge on any atom is -0.481 e. The molecule has 8 nitrogen and oxygen atoms in total. The molecule has 0 radical (unpaired) electrons. The van der Waals surface area contributed by atoms with Crippen molar-refractivity contribution in [3.8, 4) is 0 Å². The Labute approximate surface area is 226 Å². The molecule has 0 spiro atoms. The van der Waals surface area contributed by atoms with Gasteiger partial charge in [0, 0.05) is 35.7 Å². The molecule has 1 saturated carbocycles. The van der Waals surface area contributed by atoms with Gasteiger partial charge in [-0.3, -0.25) is 4.79 Å². The molecule has 1 aromatic carbocycles. The first-order valence-corrected chi connectivity index (χ1v) is 13.9. The smallest absolute Gasteiger partial charge is 0.306 e. The number of aliphatic carboxylic acids is 1. The Morgan fingerprint density at radius 2 is 1.95 bits per heavy atom. The summed E-state index contributed by atoms with van der Waals surface area (Å²) in [5.41, 5.74) is 3.35. The Kier molecular flexibility index (Phi) is 6.53. The molecule has 0 amide bonds. The molecule has 2 aliphatic heterocycles. The van der Waals surface area contributed by atoms with Crippen LogP contribution in [0.2, 0.25) is 10.0 Å². The van der Waals surface area contributed by atoms with Gasteiger partial charge in [-0.2, -0.15) is 5.10 Å². The van der Waals surface area contributed by atoms with Gasteiger partial charge in [-0.1, -0.05) is 29.3 Å². The van der Waals surface area contributed by atoms with Crippen molar-refractivity contribution < 1.29 is 9.90 Å². The average molecular weight is 543 g/mol. The van der Waals surface area contributed by atoms with Gasteiger partial charge in [0.25, 0.3) is 0 Å².